The van der Waals surface area contributed by atoms with E-state index in [2.05, 4.69) is 23.6 Å². The van der Waals surface area contributed by atoms with E-state index in [9.17, 15) is 14.4 Å². The molecule has 1 aliphatic heterocycles. The highest BCUT2D eigenvalue weighted by Gasteiger charge is 2.33. The second kappa shape index (κ2) is 7.81. The molecule has 162 valence electrons. The second-order valence-electron chi connectivity index (χ2n) is 7.88. The number of aryl methyl sites for hydroxylation is 1. The predicted molar refractivity (Wildman–Crippen MR) is 121 cm³/mol. The number of fused-ring (bicyclic) bond motifs is 2. The first-order valence-corrected chi connectivity index (χ1v) is 9.95. The van der Waals surface area contributed by atoms with Crippen molar-refractivity contribution >= 4 is 28.6 Å². The first-order valence-electron chi connectivity index (χ1n) is 9.95. The smallest absolute Gasteiger partial charge is 0.271 e. The summed E-state index contributed by atoms with van der Waals surface area (Å²) in [5.74, 6) is -1.40. The molecule has 32 heavy (non-hydrogen) atoms. The lowest BCUT2D eigenvalue weighted by Crippen LogP contribution is -2.38. The summed E-state index contributed by atoms with van der Waals surface area (Å²) in [6, 6.07) is 11.5. The molecule has 2 aromatic carbocycles. The van der Waals surface area contributed by atoms with Gasteiger partial charge in [-0.3, -0.25) is 24.0 Å². The Kier molecular flexibility index (Phi) is 5.14. The molecule has 0 saturated carbocycles. The van der Waals surface area contributed by atoms with Crippen LogP contribution in [0.15, 0.2) is 67.1 Å². The van der Waals surface area contributed by atoms with Crippen molar-refractivity contribution in [2.24, 2.45) is 7.05 Å². The fourth-order valence-corrected chi connectivity index (χ4v) is 3.78. The van der Waals surface area contributed by atoms with Gasteiger partial charge in [-0.25, -0.2) is 0 Å². The summed E-state index contributed by atoms with van der Waals surface area (Å²) in [5.41, 5.74) is 3.87. The molecule has 0 atom stereocenters. The van der Waals surface area contributed by atoms with E-state index < -0.39 is 11.8 Å². The van der Waals surface area contributed by atoms with E-state index in [4.69, 9.17) is 0 Å². The number of rotatable bonds is 5. The minimum absolute atomic E-state index is 0.0509. The molecule has 8 nitrogen and oxygen atoms in total. The van der Waals surface area contributed by atoms with Gasteiger partial charge in [0.2, 0.25) is 0 Å². The van der Waals surface area contributed by atoms with Crippen LogP contribution in [0.25, 0.3) is 22.0 Å². The maximum absolute atomic E-state index is 13.0. The van der Waals surface area contributed by atoms with Crippen molar-refractivity contribution in [3.8, 4) is 11.1 Å². The molecule has 8 heteroatoms. The third kappa shape index (κ3) is 3.56. The van der Waals surface area contributed by atoms with Crippen LogP contribution in [0, 0.1) is 0 Å². The molecule has 0 aliphatic carbocycles. The Morgan fingerprint density at radius 3 is 2.56 bits per heavy atom. The van der Waals surface area contributed by atoms with E-state index in [0.29, 0.717) is 5.56 Å². The Labute approximate surface area is 185 Å². The van der Waals surface area contributed by atoms with Crippen molar-refractivity contribution in [3.63, 3.8) is 0 Å². The summed E-state index contributed by atoms with van der Waals surface area (Å²) < 4.78 is 1.76. The fourth-order valence-electron chi connectivity index (χ4n) is 3.78. The molecular formula is C24H23N5O3. The molecule has 1 N–H and O–H groups in total. The molecule has 0 radical (unpaired) electrons. The number of nitrogens with one attached hydrogen (secondary N) is 1. The number of hydrogen-bond donors (Lipinski definition) is 1. The number of likely N-dealkylation sites (N-methyl/N-ethyl adjacent to an activating group) is 1. The lowest BCUT2D eigenvalue weighted by Gasteiger charge is -2.19. The number of nitrogens with zero attached hydrogens (tertiary/aromatic N) is 4. The number of hydrogen-bond acceptors (Lipinski definition) is 4. The van der Waals surface area contributed by atoms with Gasteiger partial charge in [-0.15, -0.1) is 0 Å². The van der Waals surface area contributed by atoms with Crippen molar-refractivity contribution in [1.82, 2.24) is 24.9 Å². The van der Waals surface area contributed by atoms with E-state index in [1.54, 1.807) is 24.8 Å². The van der Waals surface area contributed by atoms with Crippen LogP contribution in [0.1, 0.15) is 15.9 Å². The highest BCUT2D eigenvalue weighted by molar-refractivity contribution is 6.08. The normalized spacial score (nSPS) is 12.6. The maximum Gasteiger partial charge on any atom is 0.271 e. The lowest BCUT2D eigenvalue weighted by molar-refractivity contribution is -0.127. The van der Waals surface area contributed by atoms with Crippen molar-refractivity contribution in [1.29, 1.82) is 0 Å². The quantitative estimate of drug-likeness (QED) is 0.631. The Bertz CT molecular complexity index is 1320. The van der Waals surface area contributed by atoms with Crippen molar-refractivity contribution in [2.75, 3.05) is 14.1 Å². The van der Waals surface area contributed by atoms with Crippen LogP contribution in [-0.4, -0.2) is 51.4 Å². The molecule has 0 saturated heterocycles. The van der Waals surface area contributed by atoms with E-state index in [-0.39, 0.29) is 23.8 Å². The molecule has 0 spiro atoms. The summed E-state index contributed by atoms with van der Waals surface area (Å²) in [5, 5.41) is 7.91. The zero-order chi connectivity index (χ0) is 23.2. The van der Waals surface area contributed by atoms with Crippen molar-refractivity contribution in [3.05, 3.63) is 78.3 Å². The standard InChI is InChI=1S/C24H23N5O3/c1-14(23(31)27(3)4)25-22(30)15(2)29-13-20-18(7-6-8-19(20)24(29)32)16-9-10-17-12-28(5)26-21(17)11-16/h6-12H,1-2,13H2,3-5H3,(H,25,30). The first-order chi connectivity index (χ1) is 15.2. The van der Waals surface area contributed by atoms with E-state index in [1.807, 2.05) is 43.6 Å². The van der Waals surface area contributed by atoms with Gasteiger partial charge < -0.3 is 10.2 Å². The van der Waals surface area contributed by atoms with Gasteiger partial charge in [0.15, 0.2) is 0 Å². The average Bonchev–Trinajstić information content (AvgIpc) is 3.30. The van der Waals surface area contributed by atoms with Crippen LogP contribution in [0.4, 0.5) is 0 Å². The third-order valence-corrected chi connectivity index (χ3v) is 5.42. The fraction of sp³-hybridized carbons (Fsp3) is 0.167. The molecule has 2 heterocycles. The second-order valence-corrected chi connectivity index (χ2v) is 7.88. The van der Waals surface area contributed by atoms with Crippen LogP contribution in [0.3, 0.4) is 0 Å². The Hall–Kier alpha value is -4.20. The maximum atomic E-state index is 13.0. The summed E-state index contributed by atoms with van der Waals surface area (Å²) >= 11 is 0. The largest absolute Gasteiger partial charge is 0.344 e. The van der Waals surface area contributed by atoms with Crippen LogP contribution >= 0.6 is 0 Å². The zero-order valence-corrected chi connectivity index (χ0v) is 18.2. The Morgan fingerprint density at radius 2 is 1.84 bits per heavy atom. The number of amides is 3. The molecular weight excluding hydrogens is 406 g/mol. The summed E-state index contributed by atoms with van der Waals surface area (Å²) in [7, 11) is 4.98. The van der Waals surface area contributed by atoms with Gasteiger partial charge in [0.05, 0.1) is 17.8 Å². The molecule has 1 aliphatic rings. The molecule has 4 rings (SSSR count). The SMILES string of the molecule is C=C(NC(=O)C(=C)N1Cc2c(cccc2-c2ccc3cn(C)nc3c2)C1=O)C(=O)N(C)C. The van der Waals surface area contributed by atoms with Crippen molar-refractivity contribution < 1.29 is 14.4 Å². The van der Waals surface area contributed by atoms with E-state index in [0.717, 1.165) is 27.6 Å². The molecule has 0 bridgehead atoms. The number of carbonyl (C=O) groups is 3. The monoisotopic (exact) mass is 429 g/mol. The zero-order valence-electron chi connectivity index (χ0n) is 18.2. The summed E-state index contributed by atoms with van der Waals surface area (Å²) in [4.78, 5) is 40.2. The van der Waals surface area contributed by atoms with Gasteiger partial charge in [-0.2, -0.15) is 5.10 Å². The molecule has 3 aromatic rings. The van der Waals surface area contributed by atoms with Gasteiger partial charge in [-0.05, 0) is 28.8 Å². The minimum atomic E-state index is -0.650. The topological polar surface area (TPSA) is 87.5 Å². The first kappa shape index (κ1) is 21.0. The van der Waals surface area contributed by atoms with Crippen LogP contribution in [0.5, 0.6) is 0 Å². The number of benzene rings is 2. The Balaban J connectivity index is 1.61. The van der Waals surface area contributed by atoms with Gasteiger partial charge in [0, 0.05) is 38.3 Å². The number of carbonyl (C=O) groups excluding carboxylic acids is 3. The van der Waals surface area contributed by atoms with Crippen LogP contribution in [-0.2, 0) is 23.2 Å². The average molecular weight is 429 g/mol. The highest BCUT2D eigenvalue weighted by atomic mass is 16.2. The Morgan fingerprint density at radius 1 is 1.12 bits per heavy atom. The minimum Gasteiger partial charge on any atom is -0.344 e. The van der Waals surface area contributed by atoms with Crippen LogP contribution < -0.4 is 5.32 Å². The number of aromatic nitrogens is 2. The van der Waals surface area contributed by atoms with Crippen molar-refractivity contribution in [2.45, 2.75) is 6.54 Å². The van der Waals surface area contributed by atoms with Gasteiger partial charge in [-0.1, -0.05) is 37.4 Å². The molecule has 0 unspecified atom stereocenters. The van der Waals surface area contributed by atoms with Gasteiger partial charge >= 0.3 is 0 Å². The summed E-state index contributed by atoms with van der Waals surface area (Å²) in [6.45, 7) is 7.58. The molecule has 3 amide bonds. The molecule has 1 aromatic heterocycles. The van der Waals surface area contributed by atoms with Gasteiger partial charge in [0.1, 0.15) is 5.70 Å². The van der Waals surface area contributed by atoms with E-state index in [1.165, 1.54) is 9.80 Å². The van der Waals surface area contributed by atoms with Gasteiger partial charge in [0.25, 0.3) is 17.7 Å². The predicted octanol–water partition coefficient (Wildman–Crippen LogP) is 2.43. The third-order valence-electron chi connectivity index (χ3n) is 5.42. The van der Waals surface area contributed by atoms with Crippen LogP contribution in [0.2, 0.25) is 0 Å². The van der Waals surface area contributed by atoms with E-state index >= 15 is 0 Å². The highest BCUT2D eigenvalue weighted by Crippen LogP contribution is 2.35. The summed E-state index contributed by atoms with van der Waals surface area (Å²) in [6.07, 6.45) is 1.94. The molecule has 0 fully saturated rings. The lowest BCUT2D eigenvalue weighted by atomic mass is 9.96.